The number of hydrogen-bond donors (Lipinski definition) is 2. The maximum Gasteiger partial charge on any atom is 0.737 e. The summed E-state index contributed by atoms with van der Waals surface area (Å²) in [7, 11) is 0. The van der Waals surface area contributed by atoms with E-state index >= 15 is 8.63 Å². The van der Waals surface area contributed by atoms with Gasteiger partial charge >= 0.3 is 12.9 Å². The van der Waals surface area contributed by atoms with Crippen LogP contribution in [0.5, 0.6) is 0 Å². The maximum atomic E-state index is 15.3. The van der Waals surface area contributed by atoms with E-state index in [4.69, 9.17) is 10.8 Å². The molecule has 5 nitrogen and oxygen atoms in total. The van der Waals surface area contributed by atoms with Gasteiger partial charge in [-0.05, 0) is 38.1 Å². The molecular formula is C17H22BF2N3O2S. The topological polar surface area (TPSA) is 71.3 Å². The van der Waals surface area contributed by atoms with Crippen LogP contribution in [-0.2, 0) is 4.79 Å². The van der Waals surface area contributed by atoms with E-state index < -0.39 is 19.0 Å². The molecule has 0 aromatic carbocycles. The standard InChI is InChI=1S/C17H22BF2N3O2S/c1-9-5-11(3)22-15(9)13(7-26-8-14(21)17(24)25)16-10(2)6-12(4)23(16)18(22,19)20/h5-6,14H,7-8,21H2,1-4H3,(H,24,25)/t14-/m0/s1. The highest BCUT2D eigenvalue weighted by atomic mass is 32.2. The van der Waals surface area contributed by atoms with Gasteiger partial charge in [0.25, 0.3) is 0 Å². The van der Waals surface area contributed by atoms with Crippen molar-refractivity contribution in [3.63, 3.8) is 0 Å². The van der Waals surface area contributed by atoms with Crippen LogP contribution in [0.2, 0.25) is 0 Å². The van der Waals surface area contributed by atoms with Gasteiger partial charge in [0, 0.05) is 41.3 Å². The van der Waals surface area contributed by atoms with Crippen molar-refractivity contribution in [1.82, 2.24) is 4.48 Å². The third-order valence-electron chi connectivity index (χ3n) is 4.89. The van der Waals surface area contributed by atoms with Crippen molar-refractivity contribution in [3.05, 3.63) is 40.4 Å². The van der Waals surface area contributed by atoms with Crippen LogP contribution >= 0.6 is 11.8 Å². The minimum Gasteiger partial charge on any atom is -0.480 e. The second kappa shape index (κ2) is 6.38. The minimum absolute atomic E-state index is 0.220. The summed E-state index contributed by atoms with van der Waals surface area (Å²) in [4.78, 5) is 10.9. The molecular weight excluding hydrogens is 359 g/mol. The average molecular weight is 381 g/mol. The molecule has 1 aromatic rings. The van der Waals surface area contributed by atoms with Crippen molar-refractivity contribution in [2.45, 2.75) is 33.7 Å². The van der Waals surface area contributed by atoms with E-state index in [9.17, 15) is 4.79 Å². The summed E-state index contributed by atoms with van der Waals surface area (Å²) in [5, 5.41) is 8.95. The summed E-state index contributed by atoms with van der Waals surface area (Å²) in [6, 6.07) is 0.800. The molecule has 1 atom stereocenters. The summed E-state index contributed by atoms with van der Waals surface area (Å²) in [5.74, 6) is -0.425. The first-order valence-corrected chi connectivity index (χ1v) is 9.55. The largest absolute Gasteiger partial charge is 0.737 e. The number of allylic oxidation sites excluding steroid dienone is 2. The Kier molecular flexibility index (Phi) is 4.64. The van der Waals surface area contributed by atoms with Crippen LogP contribution in [0, 0.1) is 13.8 Å². The molecule has 3 heterocycles. The van der Waals surface area contributed by atoms with Crippen molar-refractivity contribution < 1.29 is 23.0 Å². The van der Waals surface area contributed by atoms with Gasteiger partial charge in [-0.15, -0.1) is 0 Å². The zero-order valence-electron chi connectivity index (χ0n) is 15.2. The molecule has 0 fully saturated rings. The maximum absolute atomic E-state index is 15.3. The highest BCUT2D eigenvalue weighted by Gasteiger charge is 2.54. The Morgan fingerprint density at radius 1 is 1.38 bits per heavy atom. The fourth-order valence-corrected chi connectivity index (χ4v) is 4.92. The lowest BCUT2D eigenvalue weighted by atomic mass is 9.86. The lowest BCUT2D eigenvalue weighted by Gasteiger charge is -2.34. The number of aryl methyl sites for hydroxylation is 2. The molecule has 0 amide bonds. The number of aromatic nitrogens is 1. The Labute approximate surface area is 155 Å². The van der Waals surface area contributed by atoms with Crippen molar-refractivity contribution in [2.24, 2.45) is 5.73 Å². The third-order valence-corrected chi connectivity index (χ3v) is 5.98. The van der Waals surface area contributed by atoms with Crippen molar-refractivity contribution >= 4 is 36.0 Å². The van der Waals surface area contributed by atoms with Gasteiger partial charge in [-0.2, -0.15) is 11.8 Å². The molecule has 1 aromatic heterocycles. The van der Waals surface area contributed by atoms with Crippen molar-refractivity contribution in [3.8, 4) is 0 Å². The van der Waals surface area contributed by atoms with E-state index in [1.807, 2.05) is 13.8 Å². The summed E-state index contributed by atoms with van der Waals surface area (Å²) in [5.41, 5.74) is 10.1. The smallest absolute Gasteiger partial charge is 0.480 e. The fraction of sp³-hybridized carbons (Fsp3) is 0.412. The Morgan fingerprint density at radius 3 is 2.65 bits per heavy atom. The predicted octanol–water partition coefficient (Wildman–Crippen LogP) is 2.63. The van der Waals surface area contributed by atoms with E-state index in [1.165, 1.54) is 11.8 Å². The molecule has 0 radical (unpaired) electrons. The van der Waals surface area contributed by atoms with Crippen LogP contribution in [0.3, 0.4) is 0 Å². The molecule has 2 aliphatic rings. The van der Waals surface area contributed by atoms with Gasteiger partial charge in [0.2, 0.25) is 0 Å². The van der Waals surface area contributed by atoms with Gasteiger partial charge in [0.15, 0.2) is 5.70 Å². The van der Waals surface area contributed by atoms with Gasteiger partial charge in [0.05, 0.1) is 0 Å². The number of halogens is 2. The molecule has 0 unspecified atom stereocenters. The Balaban J connectivity index is 2.11. The number of hydrogen-bond acceptors (Lipinski definition) is 3. The quantitative estimate of drug-likeness (QED) is 0.770. The molecule has 0 saturated carbocycles. The lowest BCUT2D eigenvalue weighted by molar-refractivity contribution is -0.363. The number of nitrogens with zero attached hydrogens (tertiary/aromatic N) is 2. The average Bonchev–Trinajstić information content (AvgIpc) is 2.99. The second-order valence-electron chi connectivity index (χ2n) is 6.90. The first-order valence-electron chi connectivity index (χ1n) is 8.39. The molecule has 0 bridgehead atoms. The molecule has 0 spiro atoms. The number of carboxylic acid groups (broad SMARTS) is 1. The van der Waals surface area contributed by atoms with Crippen LogP contribution < -0.4 is 5.73 Å². The Hall–Kier alpha value is -1.87. The number of carbonyl (C=O) groups is 1. The zero-order valence-corrected chi connectivity index (χ0v) is 16.0. The van der Waals surface area contributed by atoms with Gasteiger partial charge < -0.3 is 28.4 Å². The van der Waals surface area contributed by atoms with Crippen molar-refractivity contribution in [2.75, 3.05) is 11.5 Å². The lowest BCUT2D eigenvalue weighted by Crippen LogP contribution is -2.51. The summed E-state index contributed by atoms with van der Waals surface area (Å²) < 4.78 is 33.0. The Bertz CT molecular complexity index is 902. The number of rotatable bonds is 5. The molecule has 0 saturated heterocycles. The first-order chi connectivity index (χ1) is 12.1. The molecule has 3 N–H and O–H groups in total. The molecule has 3 rings (SSSR count). The first kappa shape index (κ1) is 18.9. The van der Waals surface area contributed by atoms with E-state index in [2.05, 4.69) is 0 Å². The highest BCUT2D eigenvalue weighted by Crippen LogP contribution is 2.42. The molecule has 0 aliphatic carbocycles. The second-order valence-corrected chi connectivity index (χ2v) is 7.93. The van der Waals surface area contributed by atoms with E-state index in [0.29, 0.717) is 28.5 Å². The van der Waals surface area contributed by atoms with E-state index in [0.717, 1.165) is 25.7 Å². The number of nitrogens with two attached hydrogens (primary N) is 1. The highest BCUT2D eigenvalue weighted by molar-refractivity contribution is 7.99. The van der Waals surface area contributed by atoms with E-state index in [1.54, 1.807) is 26.0 Å². The van der Waals surface area contributed by atoms with E-state index in [-0.39, 0.29) is 5.75 Å². The summed E-state index contributed by atoms with van der Waals surface area (Å²) >= 11 is 1.35. The normalized spacial score (nSPS) is 19.4. The number of fused-ring (bicyclic) bond motifs is 2. The third kappa shape index (κ3) is 2.73. The minimum atomic E-state index is -3.97. The molecule has 2 aliphatic heterocycles. The summed E-state index contributed by atoms with van der Waals surface area (Å²) in [6.45, 7) is 3.08. The van der Waals surface area contributed by atoms with Crippen LogP contribution in [0.1, 0.15) is 30.8 Å². The van der Waals surface area contributed by atoms with Gasteiger partial charge in [-0.25, -0.2) is 0 Å². The van der Waals surface area contributed by atoms with Crippen LogP contribution in [0.4, 0.5) is 8.63 Å². The summed E-state index contributed by atoms with van der Waals surface area (Å²) in [6.07, 6.45) is 1.77. The number of aliphatic carboxylic acids is 1. The SMILES string of the molecule is CC1=CC(C)=[N+]2C1=C(CSC[C@H](N)C(=O)O)c1c(C)cc(C)n1[B-]2(F)F. The van der Waals surface area contributed by atoms with Crippen molar-refractivity contribution in [1.29, 1.82) is 0 Å². The van der Waals surface area contributed by atoms with Crippen LogP contribution in [-0.4, -0.2) is 50.3 Å². The fourth-order valence-electron chi connectivity index (χ4n) is 3.93. The molecule has 26 heavy (non-hydrogen) atoms. The molecule has 9 heteroatoms. The number of carboxylic acids is 1. The van der Waals surface area contributed by atoms with Gasteiger partial charge in [-0.3, -0.25) is 4.79 Å². The van der Waals surface area contributed by atoms with Crippen LogP contribution in [0.25, 0.3) is 5.57 Å². The Morgan fingerprint density at radius 2 is 2.04 bits per heavy atom. The van der Waals surface area contributed by atoms with Gasteiger partial charge in [-0.1, -0.05) is 0 Å². The zero-order chi connectivity index (χ0) is 19.4. The molecule has 140 valence electrons. The van der Waals surface area contributed by atoms with Crippen LogP contribution in [0.15, 0.2) is 23.4 Å². The predicted molar refractivity (Wildman–Crippen MR) is 102 cm³/mol. The number of thioether (sulfide) groups is 1. The van der Waals surface area contributed by atoms with Gasteiger partial charge in [0.1, 0.15) is 11.8 Å². The monoisotopic (exact) mass is 381 g/mol.